The topological polar surface area (TPSA) is 29.5 Å². The van der Waals surface area contributed by atoms with Crippen molar-refractivity contribution in [2.24, 2.45) is 23.7 Å². The van der Waals surface area contributed by atoms with Crippen molar-refractivity contribution in [1.29, 1.82) is 0 Å². The van der Waals surface area contributed by atoms with Gasteiger partial charge >= 0.3 is 0 Å². The number of ether oxygens (including phenoxy) is 1. The van der Waals surface area contributed by atoms with Crippen LogP contribution in [0.2, 0.25) is 0 Å². The molecule has 0 unspecified atom stereocenters. The highest BCUT2D eigenvalue weighted by Crippen LogP contribution is 2.49. The maximum atomic E-state index is 10.0. The van der Waals surface area contributed by atoms with Gasteiger partial charge in [-0.15, -0.1) is 12.3 Å². The van der Waals surface area contributed by atoms with E-state index < -0.39 is 0 Å². The van der Waals surface area contributed by atoms with E-state index in [1.54, 1.807) is 7.11 Å². The van der Waals surface area contributed by atoms with Gasteiger partial charge in [-0.25, -0.2) is 0 Å². The normalized spacial score (nSPS) is 31.2. The highest BCUT2D eigenvalue weighted by molar-refractivity contribution is 5.03. The highest BCUT2D eigenvalue weighted by atomic mass is 16.5. The summed E-state index contributed by atoms with van der Waals surface area (Å²) in [6.07, 6.45) is 7.43. The predicted molar refractivity (Wildman–Crippen MR) is 65.9 cm³/mol. The molecule has 0 aromatic carbocycles. The van der Waals surface area contributed by atoms with E-state index >= 15 is 0 Å². The molecule has 16 heavy (non-hydrogen) atoms. The molecule has 92 valence electrons. The van der Waals surface area contributed by atoms with Crippen molar-refractivity contribution < 1.29 is 9.84 Å². The van der Waals surface area contributed by atoms with Gasteiger partial charge in [-0.05, 0) is 37.5 Å². The minimum atomic E-state index is -0.341. The number of aliphatic hydroxyl groups is 1. The van der Waals surface area contributed by atoms with Gasteiger partial charge < -0.3 is 9.84 Å². The third-order valence-corrected chi connectivity index (χ3v) is 4.07. The molecule has 2 heteroatoms. The molecule has 0 spiro atoms. The number of methoxy groups -OCH3 is 1. The second-order valence-corrected chi connectivity index (χ2v) is 5.05. The van der Waals surface area contributed by atoms with Crippen molar-refractivity contribution in [1.82, 2.24) is 0 Å². The van der Waals surface area contributed by atoms with Crippen LogP contribution in [0.3, 0.4) is 0 Å². The lowest BCUT2D eigenvalue weighted by Gasteiger charge is -2.22. The van der Waals surface area contributed by atoms with Gasteiger partial charge in [-0.3, -0.25) is 0 Å². The SMILES string of the molecule is C#C[C@@H](C)[C@H](O)[C@H]1C[C@H]1[C@H](C)[C@H](CC)OC. The number of terminal acetylenes is 1. The van der Waals surface area contributed by atoms with Crippen LogP contribution in [0.1, 0.15) is 33.6 Å². The molecule has 6 atom stereocenters. The molecule has 0 aliphatic heterocycles. The number of hydrogen-bond donors (Lipinski definition) is 1. The third kappa shape index (κ3) is 2.78. The maximum absolute atomic E-state index is 10.0. The van der Waals surface area contributed by atoms with E-state index in [1.807, 2.05) is 6.92 Å². The van der Waals surface area contributed by atoms with E-state index in [2.05, 4.69) is 19.8 Å². The van der Waals surface area contributed by atoms with Crippen molar-refractivity contribution in [2.75, 3.05) is 7.11 Å². The van der Waals surface area contributed by atoms with E-state index in [0.29, 0.717) is 23.9 Å². The predicted octanol–water partition coefficient (Wildman–Crippen LogP) is 2.31. The fraction of sp³-hybridized carbons (Fsp3) is 0.857. The fourth-order valence-electron chi connectivity index (χ4n) is 2.73. The molecule has 1 fully saturated rings. The molecule has 1 N–H and O–H groups in total. The Hall–Kier alpha value is -0.520. The van der Waals surface area contributed by atoms with E-state index in [4.69, 9.17) is 11.2 Å². The molecule has 1 aliphatic rings. The van der Waals surface area contributed by atoms with E-state index in [-0.39, 0.29) is 12.0 Å². The molecule has 0 heterocycles. The maximum Gasteiger partial charge on any atom is 0.0705 e. The van der Waals surface area contributed by atoms with Crippen LogP contribution in [0, 0.1) is 36.0 Å². The molecule has 0 amide bonds. The summed E-state index contributed by atoms with van der Waals surface area (Å²) < 4.78 is 5.46. The summed E-state index contributed by atoms with van der Waals surface area (Å²) in [4.78, 5) is 0. The Labute approximate surface area is 99.4 Å². The van der Waals surface area contributed by atoms with Crippen molar-refractivity contribution in [2.45, 2.75) is 45.8 Å². The van der Waals surface area contributed by atoms with Crippen LogP contribution in [-0.2, 0) is 4.74 Å². The monoisotopic (exact) mass is 224 g/mol. The smallest absolute Gasteiger partial charge is 0.0705 e. The number of hydrogen-bond acceptors (Lipinski definition) is 2. The Balaban J connectivity index is 2.47. The summed E-state index contributed by atoms with van der Waals surface area (Å²) >= 11 is 0. The molecule has 1 aliphatic carbocycles. The zero-order valence-electron chi connectivity index (χ0n) is 10.8. The Morgan fingerprint density at radius 1 is 1.44 bits per heavy atom. The van der Waals surface area contributed by atoms with Gasteiger partial charge in [0.15, 0.2) is 0 Å². The lowest BCUT2D eigenvalue weighted by Crippen LogP contribution is -2.25. The molecule has 0 radical (unpaired) electrons. The third-order valence-electron chi connectivity index (χ3n) is 4.07. The van der Waals surface area contributed by atoms with Crippen LogP contribution in [0.15, 0.2) is 0 Å². The second kappa shape index (κ2) is 5.70. The molecule has 1 saturated carbocycles. The minimum absolute atomic E-state index is 0.0372. The van der Waals surface area contributed by atoms with Gasteiger partial charge in [-0.2, -0.15) is 0 Å². The fourth-order valence-corrected chi connectivity index (χ4v) is 2.73. The summed E-state index contributed by atoms with van der Waals surface area (Å²) in [5.74, 6) is 4.06. The van der Waals surface area contributed by atoms with E-state index in [1.165, 1.54) is 0 Å². The quantitative estimate of drug-likeness (QED) is 0.702. The lowest BCUT2D eigenvalue weighted by atomic mass is 9.92. The van der Waals surface area contributed by atoms with Crippen LogP contribution in [0.25, 0.3) is 0 Å². The standard InChI is InChI=1S/C14H24O2/c1-6-9(3)14(15)12-8-11(12)10(4)13(7-2)16-5/h1,9-15H,7-8H2,2-5H3/t9-,10+,11+,12+,13+,14+/m1/s1. The van der Waals surface area contributed by atoms with Gasteiger partial charge in [0.2, 0.25) is 0 Å². The van der Waals surface area contributed by atoms with Crippen LogP contribution >= 0.6 is 0 Å². The van der Waals surface area contributed by atoms with E-state index in [9.17, 15) is 5.11 Å². The zero-order valence-corrected chi connectivity index (χ0v) is 10.8. The number of aliphatic hydroxyl groups excluding tert-OH is 1. The van der Waals surface area contributed by atoms with Gasteiger partial charge in [0.1, 0.15) is 0 Å². The summed E-state index contributed by atoms with van der Waals surface area (Å²) in [6.45, 7) is 6.27. The van der Waals surface area contributed by atoms with Crippen LogP contribution in [0.4, 0.5) is 0 Å². The van der Waals surface area contributed by atoms with Crippen molar-refractivity contribution in [3.63, 3.8) is 0 Å². The zero-order chi connectivity index (χ0) is 12.3. The Kier molecular flexibility index (Phi) is 4.83. The Bertz CT molecular complexity index is 252. The molecular formula is C14H24O2. The molecule has 0 aromatic rings. The Morgan fingerprint density at radius 3 is 2.50 bits per heavy atom. The molecule has 0 aromatic heterocycles. The average Bonchev–Trinajstić information content (AvgIpc) is 3.08. The molecular weight excluding hydrogens is 200 g/mol. The van der Waals surface area contributed by atoms with Gasteiger partial charge in [-0.1, -0.05) is 13.8 Å². The highest BCUT2D eigenvalue weighted by Gasteiger charge is 2.48. The minimum Gasteiger partial charge on any atom is -0.392 e. The van der Waals surface area contributed by atoms with E-state index in [0.717, 1.165) is 12.8 Å². The summed E-state index contributed by atoms with van der Waals surface area (Å²) in [7, 11) is 1.77. The number of rotatable bonds is 6. The lowest BCUT2D eigenvalue weighted by molar-refractivity contribution is 0.0369. The first-order valence-electron chi connectivity index (χ1n) is 6.23. The van der Waals surface area contributed by atoms with Crippen LogP contribution < -0.4 is 0 Å². The van der Waals surface area contributed by atoms with Gasteiger partial charge in [0, 0.05) is 13.0 Å². The molecule has 2 nitrogen and oxygen atoms in total. The van der Waals surface area contributed by atoms with Crippen LogP contribution in [0.5, 0.6) is 0 Å². The van der Waals surface area contributed by atoms with Gasteiger partial charge in [0.25, 0.3) is 0 Å². The molecule has 1 rings (SSSR count). The second-order valence-electron chi connectivity index (χ2n) is 5.05. The summed E-state index contributed by atoms with van der Waals surface area (Å²) in [6, 6.07) is 0. The summed E-state index contributed by atoms with van der Waals surface area (Å²) in [5.41, 5.74) is 0. The van der Waals surface area contributed by atoms with Gasteiger partial charge in [0.05, 0.1) is 12.2 Å². The first kappa shape index (κ1) is 13.5. The Morgan fingerprint density at radius 2 is 2.06 bits per heavy atom. The largest absolute Gasteiger partial charge is 0.392 e. The van der Waals surface area contributed by atoms with Crippen molar-refractivity contribution in [3.05, 3.63) is 0 Å². The molecule has 0 saturated heterocycles. The summed E-state index contributed by atoms with van der Waals surface area (Å²) in [5, 5.41) is 10.0. The van der Waals surface area contributed by atoms with Crippen molar-refractivity contribution >= 4 is 0 Å². The van der Waals surface area contributed by atoms with Crippen molar-refractivity contribution in [3.8, 4) is 12.3 Å². The molecule has 0 bridgehead atoms. The first-order valence-corrected chi connectivity index (χ1v) is 6.23. The average molecular weight is 224 g/mol. The van der Waals surface area contributed by atoms with Crippen LogP contribution in [-0.4, -0.2) is 24.4 Å². The first-order chi connectivity index (χ1) is 7.56.